The SMILES string of the molecule is COC(=O)c1ccccc1NC(=O)[C@H]1[C@@H](C(=O)[O-])[C@@H]2C=C[C@H]1O2. The molecule has 4 atom stereocenters. The van der Waals surface area contributed by atoms with Crippen molar-refractivity contribution < 1.29 is 29.0 Å². The molecule has 7 heteroatoms. The minimum Gasteiger partial charge on any atom is -0.550 e. The molecule has 1 aromatic rings. The maximum Gasteiger partial charge on any atom is 0.339 e. The summed E-state index contributed by atoms with van der Waals surface area (Å²) >= 11 is 0. The van der Waals surface area contributed by atoms with Gasteiger partial charge in [-0.3, -0.25) is 4.79 Å². The Morgan fingerprint density at radius 1 is 1.13 bits per heavy atom. The van der Waals surface area contributed by atoms with Gasteiger partial charge in [0.25, 0.3) is 0 Å². The van der Waals surface area contributed by atoms with Crippen LogP contribution in [0.15, 0.2) is 36.4 Å². The van der Waals surface area contributed by atoms with Crippen molar-refractivity contribution in [3.63, 3.8) is 0 Å². The number of hydrogen-bond donors (Lipinski definition) is 1. The first kappa shape index (κ1) is 15.2. The van der Waals surface area contributed by atoms with E-state index in [0.29, 0.717) is 0 Å². The smallest absolute Gasteiger partial charge is 0.339 e. The Morgan fingerprint density at radius 2 is 1.78 bits per heavy atom. The van der Waals surface area contributed by atoms with Gasteiger partial charge in [0.05, 0.1) is 36.5 Å². The summed E-state index contributed by atoms with van der Waals surface area (Å²) in [5, 5.41) is 13.9. The van der Waals surface area contributed by atoms with Crippen LogP contribution in [0.2, 0.25) is 0 Å². The van der Waals surface area contributed by atoms with Crippen molar-refractivity contribution in [2.24, 2.45) is 11.8 Å². The molecule has 1 N–H and O–H groups in total. The number of nitrogens with one attached hydrogen (secondary N) is 1. The molecule has 2 heterocycles. The van der Waals surface area contributed by atoms with Crippen molar-refractivity contribution in [2.75, 3.05) is 12.4 Å². The highest BCUT2D eigenvalue weighted by Gasteiger charge is 2.50. The van der Waals surface area contributed by atoms with Gasteiger partial charge in [-0.2, -0.15) is 0 Å². The summed E-state index contributed by atoms with van der Waals surface area (Å²) in [6, 6.07) is 6.34. The Kier molecular flexibility index (Phi) is 3.87. The van der Waals surface area contributed by atoms with Gasteiger partial charge in [-0.1, -0.05) is 24.3 Å². The van der Waals surface area contributed by atoms with E-state index in [0.717, 1.165) is 0 Å². The number of ether oxygens (including phenoxy) is 2. The number of fused-ring (bicyclic) bond motifs is 2. The first-order valence-corrected chi connectivity index (χ1v) is 7.05. The highest BCUT2D eigenvalue weighted by molar-refractivity contribution is 6.03. The Hall–Kier alpha value is -2.67. The van der Waals surface area contributed by atoms with Gasteiger partial charge in [-0.25, -0.2) is 4.79 Å². The lowest BCUT2D eigenvalue weighted by atomic mass is 9.82. The zero-order chi connectivity index (χ0) is 16.6. The van der Waals surface area contributed by atoms with Crippen LogP contribution in [0.3, 0.4) is 0 Å². The fourth-order valence-electron chi connectivity index (χ4n) is 3.00. The topological polar surface area (TPSA) is 105 Å². The molecule has 2 aliphatic heterocycles. The van der Waals surface area contributed by atoms with Crippen molar-refractivity contribution in [3.05, 3.63) is 42.0 Å². The third-order valence-corrected chi connectivity index (χ3v) is 4.06. The van der Waals surface area contributed by atoms with E-state index >= 15 is 0 Å². The van der Waals surface area contributed by atoms with E-state index in [-0.39, 0.29) is 11.3 Å². The molecule has 0 aliphatic carbocycles. The predicted molar refractivity (Wildman–Crippen MR) is 76.2 cm³/mol. The number of para-hydroxylation sites is 1. The van der Waals surface area contributed by atoms with Crippen LogP contribution >= 0.6 is 0 Å². The fourth-order valence-corrected chi connectivity index (χ4v) is 3.00. The zero-order valence-electron chi connectivity index (χ0n) is 12.2. The van der Waals surface area contributed by atoms with Crippen molar-refractivity contribution in [3.8, 4) is 0 Å². The van der Waals surface area contributed by atoms with E-state index in [9.17, 15) is 19.5 Å². The molecule has 0 radical (unpaired) electrons. The van der Waals surface area contributed by atoms with E-state index in [4.69, 9.17) is 4.74 Å². The van der Waals surface area contributed by atoms with E-state index in [1.165, 1.54) is 13.2 Å². The molecule has 120 valence electrons. The molecule has 1 aromatic carbocycles. The number of esters is 1. The summed E-state index contributed by atoms with van der Waals surface area (Å²) in [6.45, 7) is 0. The zero-order valence-corrected chi connectivity index (χ0v) is 12.2. The summed E-state index contributed by atoms with van der Waals surface area (Å²) in [5.41, 5.74) is 0.446. The molecule has 0 aromatic heterocycles. The van der Waals surface area contributed by atoms with Gasteiger partial charge in [0.15, 0.2) is 0 Å². The molecule has 2 aliphatic rings. The molecule has 2 bridgehead atoms. The maximum atomic E-state index is 12.5. The lowest BCUT2D eigenvalue weighted by Crippen LogP contribution is -2.45. The van der Waals surface area contributed by atoms with E-state index in [2.05, 4.69) is 10.1 Å². The quantitative estimate of drug-likeness (QED) is 0.606. The van der Waals surface area contributed by atoms with Crippen molar-refractivity contribution in [1.29, 1.82) is 0 Å². The summed E-state index contributed by atoms with van der Waals surface area (Å²) < 4.78 is 10.1. The molecule has 23 heavy (non-hydrogen) atoms. The number of benzene rings is 1. The Bertz CT molecular complexity index is 698. The number of aliphatic carboxylic acids is 1. The van der Waals surface area contributed by atoms with Gasteiger partial charge in [0.1, 0.15) is 0 Å². The van der Waals surface area contributed by atoms with Gasteiger partial charge < -0.3 is 24.7 Å². The van der Waals surface area contributed by atoms with Crippen LogP contribution in [0.25, 0.3) is 0 Å². The third-order valence-electron chi connectivity index (χ3n) is 4.06. The Balaban J connectivity index is 1.84. The highest BCUT2D eigenvalue weighted by Crippen LogP contribution is 2.39. The number of methoxy groups -OCH3 is 1. The molecule has 1 amide bonds. The van der Waals surface area contributed by atoms with Crippen LogP contribution in [0, 0.1) is 11.8 Å². The van der Waals surface area contributed by atoms with E-state index < -0.39 is 41.9 Å². The third kappa shape index (κ3) is 2.59. The van der Waals surface area contributed by atoms with Crippen LogP contribution in [0.5, 0.6) is 0 Å². The summed E-state index contributed by atoms with van der Waals surface area (Å²) in [6.07, 6.45) is 2.03. The number of carboxylic acids is 1. The first-order valence-electron chi connectivity index (χ1n) is 7.05. The van der Waals surface area contributed by atoms with Crippen LogP contribution in [-0.2, 0) is 19.1 Å². The average Bonchev–Trinajstić information content (AvgIpc) is 3.15. The number of carboxylic acid groups (broad SMARTS) is 1. The number of amides is 1. The Labute approximate surface area is 131 Å². The second kappa shape index (κ2) is 5.85. The summed E-state index contributed by atoms with van der Waals surface area (Å²) in [7, 11) is 1.24. The number of hydrogen-bond acceptors (Lipinski definition) is 6. The van der Waals surface area contributed by atoms with Crippen LogP contribution < -0.4 is 10.4 Å². The summed E-state index contributed by atoms with van der Waals surface area (Å²) in [5.74, 6) is -4.41. The fraction of sp³-hybridized carbons (Fsp3) is 0.312. The van der Waals surface area contributed by atoms with Crippen LogP contribution in [-0.4, -0.2) is 37.2 Å². The lowest BCUT2D eigenvalue weighted by Gasteiger charge is -2.25. The van der Waals surface area contributed by atoms with E-state index in [1.54, 1.807) is 30.4 Å². The van der Waals surface area contributed by atoms with Gasteiger partial charge >= 0.3 is 5.97 Å². The molecule has 1 fully saturated rings. The molecule has 3 rings (SSSR count). The first-order chi connectivity index (χ1) is 11.0. The van der Waals surface area contributed by atoms with Crippen molar-refractivity contribution in [1.82, 2.24) is 0 Å². The van der Waals surface area contributed by atoms with Gasteiger partial charge in [-0.05, 0) is 12.1 Å². The van der Waals surface area contributed by atoms with Crippen LogP contribution in [0.4, 0.5) is 5.69 Å². The lowest BCUT2D eigenvalue weighted by molar-refractivity contribution is -0.313. The second-order valence-corrected chi connectivity index (χ2v) is 5.35. The molecular formula is C16H14NO6-. The number of carbonyl (C=O) groups excluding carboxylic acids is 3. The monoisotopic (exact) mass is 316 g/mol. The molecule has 1 saturated heterocycles. The van der Waals surface area contributed by atoms with Crippen molar-refractivity contribution >= 4 is 23.5 Å². The second-order valence-electron chi connectivity index (χ2n) is 5.35. The normalized spacial score (nSPS) is 27.7. The van der Waals surface area contributed by atoms with Gasteiger partial charge in [0.2, 0.25) is 5.91 Å². The van der Waals surface area contributed by atoms with E-state index in [1.807, 2.05) is 0 Å². The standard InChI is InChI=1S/C16H15NO6/c1-22-16(21)8-4-2-3-5-9(8)17-14(18)12-10-6-7-11(23-10)13(12)15(19)20/h2-7,10-13H,1H3,(H,17,18)(H,19,20)/p-1/t10-,11+,12-,13+/m1/s1. The Morgan fingerprint density at radius 3 is 2.43 bits per heavy atom. The maximum absolute atomic E-state index is 12.5. The minimum absolute atomic E-state index is 0.188. The highest BCUT2D eigenvalue weighted by atomic mass is 16.5. The molecule has 0 saturated carbocycles. The minimum atomic E-state index is -1.33. The van der Waals surface area contributed by atoms with Crippen LogP contribution in [0.1, 0.15) is 10.4 Å². The predicted octanol–water partition coefficient (Wildman–Crippen LogP) is -0.269. The largest absolute Gasteiger partial charge is 0.550 e. The average molecular weight is 316 g/mol. The summed E-state index contributed by atoms with van der Waals surface area (Å²) in [4.78, 5) is 35.5. The van der Waals surface area contributed by atoms with Gasteiger partial charge in [-0.15, -0.1) is 0 Å². The number of carbonyl (C=O) groups is 3. The molecular weight excluding hydrogens is 302 g/mol. The number of rotatable bonds is 4. The van der Waals surface area contributed by atoms with Gasteiger partial charge in [0, 0.05) is 11.9 Å². The van der Waals surface area contributed by atoms with Crippen molar-refractivity contribution in [2.45, 2.75) is 12.2 Å². The molecule has 7 nitrogen and oxygen atoms in total. The molecule has 0 unspecified atom stereocenters. The number of anilines is 1. The molecule has 0 spiro atoms.